The molecule has 0 aromatic carbocycles. The van der Waals surface area contributed by atoms with Crippen molar-refractivity contribution < 1.29 is 18.3 Å². The van der Waals surface area contributed by atoms with Crippen molar-refractivity contribution in [3.8, 4) is 0 Å². The molecule has 0 unspecified atom stereocenters. The Morgan fingerprint density at radius 1 is 1.31 bits per heavy atom. The Balaban J connectivity index is 4.99. The van der Waals surface area contributed by atoms with Gasteiger partial charge in [0.05, 0.1) is 5.75 Å². The molecular formula is C10H21NO4S. The van der Waals surface area contributed by atoms with E-state index in [9.17, 15) is 13.2 Å². The van der Waals surface area contributed by atoms with E-state index in [4.69, 9.17) is 5.11 Å². The van der Waals surface area contributed by atoms with E-state index in [0.29, 0.717) is 0 Å². The molecule has 0 spiro atoms. The Morgan fingerprint density at radius 2 is 1.75 bits per heavy atom. The van der Waals surface area contributed by atoms with Gasteiger partial charge in [-0.25, -0.2) is 8.42 Å². The molecule has 0 bridgehead atoms. The first-order valence-corrected chi connectivity index (χ1v) is 6.78. The Labute approximate surface area is 97.5 Å². The van der Waals surface area contributed by atoms with E-state index in [2.05, 4.69) is 0 Å². The van der Waals surface area contributed by atoms with Gasteiger partial charge in [0, 0.05) is 6.04 Å². The van der Waals surface area contributed by atoms with E-state index in [1.165, 1.54) is 0 Å². The largest absolute Gasteiger partial charge is 0.480 e. The first-order chi connectivity index (χ1) is 6.96. The average Bonchev–Trinajstić information content (AvgIpc) is 1.93. The van der Waals surface area contributed by atoms with Crippen LogP contribution in [0.15, 0.2) is 0 Å². The van der Waals surface area contributed by atoms with Gasteiger partial charge in [0.15, 0.2) is 0 Å². The molecule has 0 aliphatic rings. The molecule has 0 aliphatic carbocycles. The Morgan fingerprint density at radius 3 is 2.00 bits per heavy atom. The summed E-state index contributed by atoms with van der Waals surface area (Å²) in [5.41, 5.74) is -0.384. The van der Waals surface area contributed by atoms with Crippen LogP contribution < -0.4 is 0 Å². The van der Waals surface area contributed by atoms with E-state index in [-0.39, 0.29) is 17.2 Å². The Hall–Kier alpha value is -0.620. The Bertz CT molecular complexity index is 340. The minimum Gasteiger partial charge on any atom is -0.480 e. The molecule has 0 saturated heterocycles. The second-order valence-corrected chi connectivity index (χ2v) is 7.27. The normalized spacial score (nSPS) is 13.4. The van der Waals surface area contributed by atoms with Crippen molar-refractivity contribution in [2.45, 2.75) is 40.7 Å². The number of rotatable bonds is 5. The third-order valence-corrected chi connectivity index (χ3v) is 4.34. The fourth-order valence-electron chi connectivity index (χ4n) is 1.37. The standard InChI is InChI=1S/C10H21NO4S/c1-8(2)11(6-9(12)13)16(14,15)7-10(3,4)5/h8H,6-7H2,1-5H3,(H,12,13). The van der Waals surface area contributed by atoms with Crippen LogP contribution in [0.3, 0.4) is 0 Å². The van der Waals surface area contributed by atoms with Gasteiger partial charge in [-0.2, -0.15) is 4.31 Å². The molecule has 6 heteroatoms. The van der Waals surface area contributed by atoms with Crippen LogP contribution in [0.1, 0.15) is 34.6 Å². The molecule has 0 heterocycles. The van der Waals surface area contributed by atoms with Crippen molar-refractivity contribution in [3.05, 3.63) is 0 Å². The summed E-state index contributed by atoms with van der Waals surface area (Å²) in [7, 11) is -3.52. The molecule has 0 fully saturated rings. The van der Waals surface area contributed by atoms with Crippen LogP contribution in [-0.4, -0.2) is 42.1 Å². The van der Waals surface area contributed by atoms with Crippen molar-refractivity contribution in [3.63, 3.8) is 0 Å². The second-order valence-electron chi connectivity index (χ2n) is 5.35. The molecule has 5 nitrogen and oxygen atoms in total. The summed E-state index contributed by atoms with van der Waals surface area (Å²) in [6.07, 6.45) is 0. The summed E-state index contributed by atoms with van der Waals surface area (Å²) in [6.45, 7) is 8.29. The maximum Gasteiger partial charge on any atom is 0.318 e. The number of carbonyl (C=O) groups is 1. The highest BCUT2D eigenvalue weighted by atomic mass is 32.2. The van der Waals surface area contributed by atoms with Crippen LogP contribution in [0.2, 0.25) is 0 Å². The number of hydrogen-bond donors (Lipinski definition) is 1. The van der Waals surface area contributed by atoms with Crippen molar-refractivity contribution in [2.24, 2.45) is 5.41 Å². The third-order valence-electron chi connectivity index (χ3n) is 1.84. The van der Waals surface area contributed by atoms with Crippen molar-refractivity contribution >= 4 is 16.0 Å². The van der Waals surface area contributed by atoms with Gasteiger partial charge in [0.25, 0.3) is 0 Å². The second kappa shape index (κ2) is 5.14. The number of sulfonamides is 1. The quantitative estimate of drug-likeness (QED) is 0.795. The summed E-state index contributed by atoms with van der Waals surface area (Å²) in [6, 6.07) is -0.344. The molecule has 1 N–H and O–H groups in total. The molecule has 0 amide bonds. The van der Waals surface area contributed by atoms with Crippen LogP contribution in [0.4, 0.5) is 0 Å². The summed E-state index contributed by atoms with van der Waals surface area (Å²) in [5.74, 6) is -1.18. The summed E-state index contributed by atoms with van der Waals surface area (Å²) < 4.78 is 25.0. The fourth-order valence-corrected chi connectivity index (χ4v) is 3.58. The number of aliphatic carboxylic acids is 1. The predicted octanol–water partition coefficient (Wildman–Crippen LogP) is 1.16. The monoisotopic (exact) mass is 251 g/mol. The highest BCUT2D eigenvalue weighted by molar-refractivity contribution is 7.89. The summed E-state index contributed by atoms with van der Waals surface area (Å²) in [5, 5.41) is 8.69. The van der Waals surface area contributed by atoms with Gasteiger partial charge >= 0.3 is 5.97 Å². The molecule has 0 rings (SSSR count). The van der Waals surface area contributed by atoms with Gasteiger partial charge in [-0.05, 0) is 19.3 Å². The average molecular weight is 251 g/mol. The highest BCUT2D eigenvalue weighted by Crippen LogP contribution is 2.20. The van der Waals surface area contributed by atoms with Gasteiger partial charge < -0.3 is 5.11 Å². The van der Waals surface area contributed by atoms with Crippen molar-refractivity contribution in [1.82, 2.24) is 4.31 Å². The number of hydrogen-bond acceptors (Lipinski definition) is 3. The molecule has 0 aromatic rings. The lowest BCUT2D eigenvalue weighted by Gasteiger charge is -2.28. The predicted molar refractivity (Wildman–Crippen MR) is 62.7 cm³/mol. The maximum absolute atomic E-state index is 12.0. The van der Waals surface area contributed by atoms with E-state index < -0.39 is 22.5 Å². The van der Waals surface area contributed by atoms with Crippen LogP contribution >= 0.6 is 0 Å². The maximum atomic E-state index is 12.0. The molecule has 0 radical (unpaired) electrons. The van der Waals surface area contributed by atoms with E-state index in [1.54, 1.807) is 13.8 Å². The zero-order valence-electron chi connectivity index (χ0n) is 10.5. The van der Waals surface area contributed by atoms with Crippen molar-refractivity contribution in [2.75, 3.05) is 12.3 Å². The lowest BCUT2D eigenvalue weighted by molar-refractivity contribution is -0.137. The molecule has 0 saturated carbocycles. The lowest BCUT2D eigenvalue weighted by Crippen LogP contribution is -2.44. The SMILES string of the molecule is CC(C)N(CC(=O)O)S(=O)(=O)CC(C)(C)C. The zero-order chi connectivity index (χ0) is 13.1. The van der Waals surface area contributed by atoms with Crippen molar-refractivity contribution in [1.29, 1.82) is 0 Å². The highest BCUT2D eigenvalue weighted by Gasteiger charge is 2.31. The molecule has 0 aliphatic heterocycles. The minimum absolute atomic E-state index is 0.0501. The summed E-state index contributed by atoms with van der Waals surface area (Å²) >= 11 is 0. The van der Waals surface area contributed by atoms with E-state index >= 15 is 0 Å². The zero-order valence-corrected chi connectivity index (χ0v) is 11.3. The molecular weight excluding hydrogens is 230 g/mol. The van der Waals surface area contributed by atoms with Gasteiger partial charge in [-0.3, -0.25) is 4.79 Å². The van der Waals surface area contributed by atoms with E-state index in [0.717, 1.165) is 4.31 Å². The van der Waals surface area contributed by atoms with Crippen LogP contribution in [0.25, 0.3) is 0 Å². The molecule has 0 atom stereocenters. The summed E-state index contributed by atoms with van der Waals surface area (Å²) in [4.78, 5) is 10.6. The topological polar surface area (TPSA) is 74.7 Å². The van der Waals surface area contributed by atoms with Crippen LogP contribution in [0.5, 0.6) is 0 Å². The third kappa shape index (κ3) is 5.46. The fraction of sp³-hybridized carbons (Fsp3) is 0.900. The van der Waals surface area contributed by atoms with E-state index in [1.807, 2.05) is 20.8 Å². The Kier molecular flexibility index (Phi) is 4.94. The van der Waals surface area contributed by atoms with Gasteiger partial charge in [0.1, 0.15) is 6.54 Å². The number of nitrogens with zero attached hydrogens (tertiary/aromatic N) is 1. The molecule has 0 aromatic heterocycles. The minimum atomic E-state index is -3.52. The van der Waals surface area contributed by atoms with Gasteiger partial charge in [-0.15, -0.1) is 0 Å². The van der Waals surface area contributed by atoms with Crippen LogP contribution in [-0.2, 0) is 14.8 Å². The number of carboxylic acids is 1. The molecule has 96 valence electrons. The first kappa shape index (κ1) is 15.4. The van der Waals surface area contributed by atoms with Gasteiger partial charge in [-0.1, -0.05) is 20.8 Å². The lowest BCUT2D eigenvalue weighted by atomic mass is 10.0. The molecule has 16 heavy (non-hydrogen) atoms. The first-order valence-electron chi connectivity index (χ1n) is 5.17. The van der Waals surface area contributed by atoms with Gasteiger partial charge in [0.2, 0.25) is 10.0 Å². The number of carboxylic acid groups (broad SMARTS) is 1. The smallest absolute Gasteiger partial charge is 0.318 e. The van der Waals surface area contributed by atoms with Crippen LogP contribution in [0, 0.1) is 5.41 Å².